The Kier molecular flexibility index (Phi) is 5.01. The van der Waals surface area contributed by atoms with Gasteiger partial charge in [0.1, 0.15) is 0 Å². The molecule has 1 aliphatic carbocycles. The fourth-order valence-corrected chi connectivity index (χ4v) is 0.815. The summed E-state index contributed by atoms with van der Waals surface area (Å²) in [6.45, 7) is 2.26. The standard InChI is InChI=1S/C6H12.H4N2/c1-2-3-6-4-5-6;1-2/h6H,2-5H2,1H3;1-2H2. The minimum absolute atomic E-state index is 1.15. The van der Waals surface area contributed by atoms with Crippen LogP contribution in [0.3, 0.4) is 0 Å². The van der Waals surface area contributed by atoms with E-state index in [0.717, 1.165) is 5.92 Å². The van der Waals surface area contributed by atoms with Crippen LogP contribution in [0.25, 0.3) is 0 Å². The Morgan fingerprint density at radius 1 is 1.38 bits per heavy atom. The predicted octanol–water partition coefficient (Wildman–Crippen LogP) is 1.02. The molecule has 0 saturated heterocycles. The van der Waals surface area contributed by atoms with E-state index in [2.05, 4.69) is 18.6 Å². The number of hydrogen-bond donors (Lipinski definition) is 2. The summed E-state index contributed by atoms with van der Waals surface area (Å²) in [4.78, 5) is 0. The first kappa shape index (κ1) is 7.92. The molecule has 4 N–H and O–H groups in total. The second-order valence-electron chi connectivity index (χ2n) is 2.23. The molecule has 0 aliphatic heterocycles. The topological polar surface area (TPSA) is 52.0 Å². The quantitative estimate of drug-likeness (QED) is 0.418. The van der Waals surface area contributed by atoms with Gasteiger partial charge in [-0.05, 0) is 5.92 Å². The SMILES string of the molecule is CCCC1CC1.NN. The fourth-order valence-electron chi connectivity index (χ4n) is 0.815. The summed E-state index contributed by atoms with van der Waals surface area (Å²) >= 11 is 0. The maximum Gasteiger partial charge on any atom is -0.0414 e. The van der Waals surface area contributed by atoms with Crippen molar-refractivity contribution in [3.05, 3.63) is 0 Å². The van der Waals surface area contributed by atoms with Gasteiger partial charge in [-0.1, -0.05) is 32.6 Å². The van der Waals surface area contributed by atoms with Crippen molar-refractivity contribution in [1.29, 1.82) is 0 Å². The van der Waals surface area contributed by atoms with Crippen LogP contribution in [-0.2, 0) is 0 Å². The molecular weight excluding hydrogens is 100 g/mol. The van der Waals surface area contributed by atoms with E-state index in [1.807, 2.05) is 0 Å². The Balaban J connectivity index is 0.000000222. The van der Waals surface area contributed by atoms with Gasteiger partial charge in [0, 0.05) is 0 Å². The number of hydrogen-bond acceptors (Lipinski definition) is 2. The summed E-state index contributed by atoms with van der Waals surface area (Å²) in [5, 5.41) is 0. The number of rotatable bonds is 2. The van der Waals surface area contributed by atoms with Crippen molar-refractivity contribution in [2.24, 2.45) is 17.6 Å². The third kappa shape index (κ3) is 4.09. The van der Waals surface area contributed by atoms with Crippen LogP contribution < -0.4 is 11.7 Å². The van der Waals surface area contributed by atoms with Crippen LogP contribution in [0.5, 0.6) is 0 Å². The van der Waals surface area contributed by atoms with Gasteiger partial charge in [0.2, 0.25) is 0 Å². The molecule has 0 amide bonds. The molecule has 1 fully saturated rings. The number of nitrogens with two attached hydrogens (primary N) is 2. The summed E-state index contributed by atoms with van der Waals surface area (Å²) in [5.41, 5.74) is 0. The highest BCUT2D eigenvalue weighted by atomic mass is 15.0. The fraction of sp³-hybridized carbons (Fsp3) is 1.00. The third-order valence-electron chi connectivity index (χ3n) is 1.39. The van der Waals surface area contributed by atoms with E-state index >= 15 is 0 Å². The second kappa shape index (κ2) is 5.06. The summed E-state index contributed by atoms with van der Waals surface area (Å²) < 4.78 is 0. The van der Waals surface area contributed by atoms with Gasteiger partial charge in [0.05, 0.1) is 0 Å². The van der Waals surface area contributed by atoms with Crippen LogP contribution in [-0.4, -0.2) is 0 Å². The van der Waals surface area contributed by atoms with E-state index < -0.39 is 0 Å². The highest BCUT2D eigenvalue weighted by molar-refractivity contribution is 4.71. The molecule has 8 heavy (non-hydrogen) atoms. The summed E-state index contributed by atoms with van der Waals surface area (Å²) in [6.07, 6.45) is 5.92. The zero-order chi connectivity index (χ0) is 6.41. The maximum absolute atomic E-state index is 4.00. The summed E-state index contributed by atoms with van der Waals surface area (Å²) in [5.74, 6) is 9.15. The van der Waals surface area contributed by atoms with Crippen molar-refractivity contribution >= 4 is 0 Å². The van der Waals surface area contributed by atoms with Gasteiger partial charge >= 0.3 is 0 Å². The molecule has 0 atom stereocenters. The van der Waals surface area contributed by atoms with Gasteiger partial charge in [-0.3, -0.25) is 11.7 Å². The van der Waals surface area contributed by atoms with E-state index in [0.29, 0.717) is 0 Å². The Morgan fingerprint density at radius 3 is 2.00 bits per heavy atom. The van der Waals surface area contributed by atoms with Crippen LogP contribution in [0.15, 0.2) is 0 Å². The molecule has 0 aromatic heterocycles. The molecule has 1 aliphatic rings. The molecule has 0 aromatic rings. The zero-order valence-corrected chi connectivity index (χ0v) is 5.56. The molecule has 0 aromatic carbocycles. The van der Waals surface area contributed by atoms with E-state index in [9.17, 15) is 0 Å². The molecule has 0 bridgehead atoms. The second-order valence-corrected chi connectivity index (χ2v) is 2.23. The first-order chi connectivity index (χ1) is 3.93. The van der Waals surface area contributed by atoms with Crippen LogP contribution >= 0.6 is 0 Å². The van der Waals surface area contributed by atoms with Gasteiger partial charge in [-0.2, -0.15) is 0 Å². The lowest BCUT2D eigenvalue weighted by Gasteiger charge is -1.82. The van der Waals surface area contributed by atoms with Crippen LogP contribution in [0.4, 0.5) is 0 Å². The molecule has 1 saturated carbocycles. The molecular formula is C6H16N2. The van der Waals surface area contributed by atoms with E-state index in [1.165, 1.54) is 25.7 Å². The van der Waals surface area contributed by atoms with E-state index in [-0.39, 0.29) is 0 Å². The normalized spacial score (nSPS) is 16.9. The van der Waals surface area contributed by atoms with Crippen molar-refractivity contribution in [3.8, 4) is 0 Å². The molecule has 50 valence electrons. The molecule has 0 unspecified atom stereocenters. The van der Waals surface area contributed by atoms with Crippen molar-refractivity contribution in [2.45, 2.75) is 32.6 Å². The van der Waals surface area contributed by atoms with Crippen molar-refractivity contribution < 1.29 is 0 Å². The van der Waals surface area contributed by atoms with Crippen LogP contribution in [0.2, 0.25) is 0 Å². The van der Waals surface area contributed by atoms with Gasteiger partial charge in [0.25, 0.3) is 0 Å². The van der Waals surface area contributed by atoms with Crippen LogP contribution in [0.1, 0.15) is 32.6 Å². The average molecular weight is 116 g/mol. The molecule has 0 radical (unpaired) electrons. The van der Waals surface area contributed by atoms with Crippen LogP contribution in [0, 0.1) is 5.92 Å². The predicted molar refractivity (Wildman–Crippen MR) is 36.0 cm³/mol. The van der Waals surface area contributed by atoms with Gasteiger partial charge in [0.15, 0.2) is 0 Å². The average Bonchev–Trinajstić information content (AvgIpc) is 2.57. The van der Waals surface area contributed by atoms with Crippen molar-refractivity contribution in [1.82, 2.24) is 0 Å². The van der Waals surface area contributed by atoms with Gasteiger partial charge in [-0.25, -0.2) is 0 Å². The van der Waals surface area contributed by atoms with Crippen molar-refractivity contribution in [3.63, 3.8) is 0 Å². The molecule has 2 nitrogen and oxygen atoms in total. The van der Waals surface area contributed by atoms with Crippen molar-refractivity contribution in [2.75, 3.05) is 0 Å². The molecule has 0 spiro atoms. The zero-order valence-electron chi connectivity index (χ0n) is 5.56. The summed E-state index contributed by atoms with van der Waals surface area (Å²) in [6, 6.07) is 0. The minimum Gasteiger partial charge on any atom is -0.274 e. The molecule has 1 rings (SSSR count). The summed E-state index contributed by atoms with van der Waals surface area (Å²) in [7, 11) is 0. The Labute approximate surface area is 51.2 Å². The smallest absolute Gasteiger partial charge is 0.0414 e. The Bertz CT molecular complexity index is 41.8. The molecule has 0 heterocycles. The minimum atomic E-state index is 1.15. The Morgan fingerprint density at radius 2 is 1.88 bits per heavy atom. The van der Waals surface area contributed by atoms with E-state index in [4.69, 9.17) is 0 Å². The highest BCUT2D eigenvalue weighted by Gasteiger charge is 2.18. The number of hydrazine groups is 1. The Hall–Kier alpha value is -0.0800. The van der Waals surface area contributed by atoms with Gasteiger partial charge < -0.3 is 0 Å². The lowest BCUT2D eigenvalue weighted by Crippen LogP contribution is -2.02. The maximum atomic E-state index is 4.00. The van der Waals surface area contributed by atoms with E-state index in [1.54, 1.807) is 0 Å². The lowest BCUT2D eigenvalue weighted by atomic mass is 10.2. The monoisotopic (exact) mass is 116 g/mol. The van der Waals surface area contributed by atoms with Gasteiger partial charge in [-0.15, -0.1) is 0 Å². The first-order valence-corrected chi connectivity index (χ1v) is 3.27. The highest BCUT2D eigenvalue weighted by Crippen LogP contribution is 2.32. The molecule has 2 heteroatoms. The first-order valence-electron chi connectivity index (χ1n) is 3.27. The largest absolute Gasteiger partial charge is 0.274 e. The third-order valence-corrected chi connectivity index (χ3v) is 1.39. The lowest BCUT2D eigenvalue weighted by molar-refractivity contribution is 0.708.